The Bertz CT molecular complexity index is 654. The zero-order chi connectivity index (χ0) is 12.7. The summed E-state index contributed by atoms with van der Waals surface area (Å²) in [4.78, 5) is 22.9. The number of hydrogen-bond donors (Lipinski definition) is 0. The minimum Gasteiger partial charge on any atom is -0.461 e. The van der Waals surface area contributed by atoms with Crippen LogP contribution >= 0.6 is 0 Å². The summed E-state index contributed by atoms with van der Waals surface area (Å²) in [6.07, 6.45) is 0.535. The van der Waals surface area contributed by atoms with Crippen LogP contribution in [0.15, 0.2) is 24.3 Å². The molecule has 0 bridgehead atoms. The summed E-state index contributed by atoms with van der Waals surface area (Å²) >= 11 is 0. The largest absolute Gasteiger partial charge is 0.461 e. The maximum absolute atomic E-state index is 11.9. The zero-order valence-electron chi connectivity index (χ0n) is 10.1. The summed E-state index contributed by atoms with van der Waals surface area (Å²) in [5.41, 5.74) is 2.58. The van der Waals surface area contributed by atoms with E-state index in [1.807, 2.05) is 28.8 Å². The van der Waals surface area contributed by atoms with Crippen molar-refractivity contribution < 1.29 is 14.3 Å². The first-order valence-corrected chi connectivity index (χ1v) is 5.95. The molecule has 0 saturated carbocycles. The van der Waals surface area contributed by atoms with E-state index in [9.17, 15) is 9.59 Å². The molecule has 1 aromatic heterocycles. The molecule has 2 heterocycles. The van der Waals surface area contributed by atoms with E-state index in [0.29, 0.717) is 12.1 Å². The summed E-state index contributed by atoms with van der Waals surface area (Å²) in [7, 11) is 0. The van der Waals surface area contributed by atoms with E-state index in [4.69, 9.17) is 4.74 Å². The number of hydrogen-bond acceptors (Lipinski definition) is 3. The molecule has 0 fully saturated rings. The second-order valence-electron chi connectivity index (χ2n) is 4.45. The molecule has 0 unspecified atom stereocenters. The first-order valence-electron chi connectivity index (χ1n) is 5.95. The predicted molar refractivity (Wildman–Crippen MR) is 66.4 cm³/mol. The number of carbonyl (C=O) groups excluding carboxylic acids is 2. The standard InChI is InChI=1S/C14H13NO3/c1-9(16)18-8-11-10-4-2-3-5-12(10)15-7-6-13(17)14(11)15/h2-5H,6-8H2,1H3. The normalized spacial score (nSPS) is 13.9. The number of Topliss-reactive ketones (excluding diaryl/α,β-unsaturated/α-hetero) is 1. The molecule has 0 N–H and O–H groups in total. The highest BCUT2D eigenvalue weighted by atomic mass is 16.5. The van der Waals surface area contributed by atoms with Crippen molar-refractivity contribution in [3.8, 4) is 0 Å². The Kier molecular flexibility index (Phi) is 2.44. The average molecular weight is 243 g/mol. The maximum atomic E-state index is 11.9. The molecule has 0 atom stereocenters. The number of carbonyl (C=O) groups is 2. The minimum atomic E-state index is -0.329. The monoisotopic (exact) mass is 243 g/mol. The van der Waals surface area contributed by atoms with Gasteiger partial charge < -0.3 is 9.30 Å². The Morgan fingerprint density at radius 1 is 1.39 bits per heavy atom. The van der Waals surface area contributed by atoms with Crippen molar-refractivity contribution in [1.29, 1.82) is 0 Å². The summed E-state index contributed by atoms with van der Waals surface area (Å²) in [5, 5.41) is 1.00. The fourth-order valence-corrected chi connectivity index (χ4v) is 2.58. The minimum absolute atomic E-state index is 0.133. The van der Waals surface area contributed by atoms with Crippen molar-refractivity contribution >= 4 is 22.7 Å². The molecule has 4 heteroatoms. The lowest BCUT2D eigenvalue weighted by Gasteiger charge is -2.02. The molecule has 1 aliphatic heterocycles. The lowest BCUT2D eigenvalue weighted by atomic mass is 10.1. The summed E-state index contributed by atoms with van der Waals surface area (Å²) < 4.78 is 7.09. The van der Waals surface area contributed by atoms with Crippen molar-refractivity contribution in [2.24, 2.45) is 0 Å². The van der Waals surface area contributed by atoms with Gasteiger partial charge in [-0.15, -0.1) is 0 Å². The Labute approximate surface area is 104 Å². The number of nitrogens with zero attached hydrogens (tertiary/aromatic N) is 1. The summed E-state index contributed by atoms with van der Waals surface area (Å²) in [6, 6.07) is 7.84. The SMILES string of the molecule is CC(=O)OCc1c2n(c3ccccc13)CCC2=O. The third kappa shape index (κ3) is 1.53. The maximum Gasteiger partial charge on any atom is 0.302 e. The zero-order valence-corrected chi connectivity index (χ0v) is 10.1. The van der Waals surface area contributed by atoms with Crippen molar-refractivity contribution in [1.82, 2.24) is 4.57 Å². The first-order chi connectivity index (χ1) is 8.68. The number of esters is 1. The number of fused-ring (bicyclic) bond motifs is 3. The van der Waals surface area contributed by atoms with Crippen molar-refractivity contribution in [3.05, 3.63) is 35.5 Å². The first kappa shape index (κ1) is 11.0. The van der Waals surface area contributed by atoms with Crippen LogP contribution in [0.3, 0.4) is 0 Å². The van der Waals surface area contributed by atoms with E-state index >= 15 is 0 Å². The second-order valence-corrected chi connectivity index (χ2v) is 4.45. The van der Waals surface area contributed by atoms with E-state index in [2.05, 4.69) is 0 Å². The third-order valence-electron chi connectivity index (χ3n) is 3.32. The van der Waals surface area contributed by atoms with Crippen molar-refractivity contribution in [3.63, 3.8) is 0 Å². The molecule has 18 heavy (non-hydrogen) atoms. The van der Waals surface area contributed by atoms with Crippen LogP contribution < -0.4 is 0 Å². The quantitative estimate of drug-likeness (QED) is 0.760. The van der Waals surface area contributed by atoms with E-state index in [-0.39, 0.29) is 18.4 Å². The lowest BCUT2D eigenvalue weighted by molar-refractivity contribution is -0.142. The van der Waals surface area contributed by atoms with Crippen LogP contribution in [-0.2, 0) is 22.7 Å². The van der Waals surface area contributed by atoms with Gasteiger partial charge in [0.25, 0.3) is 0 Å². The second kappa shape index (κ2) is 3.98. The highest BCUT2D eigenvalue weighted by Crippen LogP contribution is 2.31. The Morgan fingerprint density at radius 3 is 2.94 bits per heavy atom. The predicted octanol–water partition coefficient (Wildman–Crippen LogP) is 2.29. The number of rotatable bonds is 2. The Morgan fingerprint density at radius 2 is 2.17 bits per heavy atom. The van der Waals surface area contributed by atoms with Gasteiger partial charge >= 0.3 is 5.97 Å². The molecule has 4 nitrogen and oxygen atoms in total. The molecular weight excluding hydrogens is 230 g/mol. The van der Waals surface area contributed by atoms with E-state index in [0.717, 1.165) is 23.0 Å². The van der Waals surface area contributed by atoms with Gasteiger partial charge in [-0.1, -0.05) is 18.2 Å². The number of ether oxygens (including phenoxy) is 1. The van der Waals surface area contributed by atoms with Gasteiger partial charge in [0, 0.05) is 36.4 Å². The van der Waals surface area contributed by atoms with Crippen molar-refractivity contribution in [2.75, 3.05) is 0 Å². The molecule has 0 radical (unpaired) electrons. The van der Waals surface area contributed by atoms with E-state index in [1.165, 1.54) is 6.92 Å². The Hall–Kier alpha value is -2.10. The average Bonchev–Trinajstić information content (AvgIpc) is 2.86. The lowest BCUT2D eigenvalue weighted by Crippen LogP contribution is -2.03. The fourth-order valence-electron chi connectivity index (χ4n) is 2.58. The van der Waals surface area contributed by atoms with Crippen LogP contribution in [0.4, 0.5) is 0 Å². The van der Waals surface area contributed by atoms with E-state index < -0.39 is 0 Å². The van der Waals surface area contributed by atoms with Gasteiger partial charge in [0.15, 0.2) is 5.78 Å². The molecule has 0 saturated heterocycles. The number of aromatic nitrogens is 1. The van der Waals surface area contributed by atoms with Crippen LogP contribution in [0.1, 0.15) is 29.4 Å². The highest BCUT2D eigenvalue weighted by Gasteiger charge is 2.27. The molecular formula is C14H13NO3. The van der Waals surface area contributed by atoms with Gasteiger partial charge in [-0.2, -0.15) is 0 Å². The molecule has 1 aromatic carbocycles. The number of ketones is 1. The van der Waals surface area contributed by atoms with Crippen LogP contribution in [0.5, 0.6) is 0 Å². The number of benzene rings is 1. The summed E-state index contributed by atoms with van der Waals surface area (Å²) in [5.74, 6) is -0.196. The van der Waals surface area contributed by atoms with Crippen LogP contribution in [-0.4, -0.2) is 16.3 Å². The van der Waals surface area contributed by atoms with Crippen LogP contribution in [0.2, 0.25) is 0 Å². The molecule has 1 aliphatic rings. The van der Waals surface area contributed by atoms with Gasteiger partial charge in [0.1, 0.15) is 6.61 Å². The van der Waals surface area contributed by atoms with Gasteiger partial charge in [0.2, 0.25) is 0 Å². The molecule has 92 valence electrons. The number of para-hydroxylation sites is 1. The molecule has 0 aliphatic carbocycles. The molecule has 2 aromatic rings. The third-order valence-corrected chi connectivity index (χ3v) is 3.32. The van der Waals surface area contributed by atoms with Gasteiger partial charge in [-0.25, -0.2) is 0 Å². The topological polar surface area (TPSA) is 48.3 Å². The highest BCUT2D eigenvalue weighted by molar-refractivity contribution is 6.04. The molecule has 0 amide bonds. The number of aryl methyl sites for hydroxylation is 1. The fraction of sp³-hybridized carbons (Fsp3) is 0.286. The van der Waals surface area contributed by atoms with Gasteiger partial charge in [-0.05, 0) is 6.07 Å². The Balaban J connectivity index is 2.19. The summed E-state index contributed by atoms with van der Waals surface area (Å²) in [6.45, 7) is 2.26. The van der Waals surface area contributed by atoms with Crippen molar-refractivity contribution in [2.45, 2.75) is 26.5 Å². The van der Waals surface area contributed by atoms with Gasteiger partial charge in [-0.3, -0.25) is 9.59 Å². The smallest absolute Gasteiger partial charge is 0.302 e. The molecule has 3 rings (SSSR count). The van der Waals surface area contributed by atoms with Crippen LogP contribution in [0.25, 0.3) is 10.9 Å². The van der Waals surface area contributed by atoms with Crippen LogP contribution in [0, 0.1) is 0 Å². The van der Waals surface area contributed by atoms with Gasteiger partial charge in [0.05, 0.1) is 5.69 Å². The molecule has 0 spiro atoms. The van der Waals surface area contributed by atoms with E-state index in [1.54, 1.807) is 0 Å².